The van der Waals surface area contributed by atoms with Gasteiger partial charge >= 0.3 is 0 Å². The molecule has 1 aliphatic heterocycles. The fourth-order valence-corrected chi connectivity index (χ4v) is 3.51. The molecule has 2 aromatic rings. The minimum absolute atomic E-state index is 0.00761. The highest BCUT2D eigenvalue weighted by Crippen LogP contribution is 2.31. The number of carbonyl (C=O) groups excluding carboxylic acids is 1. The van der Waals surface area contributed by atoms with Crippen molar-refractivity contribution in [3.8, 4) is 0 Å². The number of carbonyl (C=O) groups is 1. The molecule has 0 unspecified atom stereocenters. The zero-order valence-corrected chi connectivity index (χ0v) is 14.6. The number of amides is 1. The summed E-state index contributed by atoms with van der Waals surface area (Å²) >= 11 is 0. The topological polar surface area (TPSA) is 49.8 Å². The monoisotopic (exact) mass is 339 g/mol. The highest BCUT2D eigenvalue weighted by molar-refractivity contribution is 5.87. The number of likely N-dealkylation sites (tertiary alicyclic amines) is 1. The average molecular weight is 339 g/mol. The summed E-state index contributed by atoms with van der Waals surface area (Å²) in [5.74, 6) is -0.188. The van der Waals surface area contributed by atoms with Crippen LogP contribution >= 0.6 is 0 Å². The van der Waals surface area contributed by atoms with Gasteiger partial charge < -0.3 is 14.7 Å². The predicted octanol–water partition coefficient (Wildman–Crippen LogP) is 2.82. The smallest absolute Gasteiger partial charge is 0.234 e. The van der Waals surface area contributed by atoms with Gasteiger partial charge in [0.2, 0.25) is 5.91 Å². The van der Waals surface area contributed by atoms with Gasteiger partial charge in [-0.05, 0) is 24.0 Å². The molecule has 1 heterocycles. The highest BCUT2D eigenvalue weighted by Gasteiger charge is 2.37. The SMILES string of the molecule is COC1(CO)CCN(C(=O)C(c2ccccc2)c2ccccc2)CC1. The molecule has 0 saturated carbocycles. The fraction of sp³-hybridized carbons (Fsp3) is 0.381. The van der Waals surface area contributed by atoms with Crippen LogP contribution in [0, 0.1) is 0 Å². The number of ether oxygens (including phenoxy) is 1. The Kier molecular flexibility index (Phi) is 5.51. The van der Waals surface area contributed by atoms with Gasteiger partial charge in [0.1, 0.15) is 0 Å². The van der Waals surface area contributed by atoms with Crippen LogP contribution in [-0.2, 0) is 9.53 Å². The van der Waals surface area contributed by atoms with Crippen LogP contribution in [0.1, 0.15) is 29.9 Å². The number of hydrogen-bond acceptors (Lipinski definition) is 3. The van der Waals surface area contributed by atoms with E-state index in [1.54, 1.807) is 7.11 Å². The van der Waals surface area contributed by atoms with E-state index in [0.29, 0.717) is 25.9 Å². The van der Waals surface area contributed by atoms with E-state index < -0.39 is 5.60 Å². The molecule has 25 heavy (non-hydrogen) atoms. The third-order valence-corrected chi connectivity index (χ3v) is 5.22. The minimum Gasteiger partial charge on any atom is -0.393 e. The second-order valence-corrected chi connectivity index (χ2v) is 6.62. The van der Waals surface area contributed by atoms with E-state index in [1.807, 2.05) is 65.6 Å². The van der Waals surface area contributed by atoms with Gasteiger partial charge in [0.25, 0.3) is 0 Å². The van der Waals surface area contributed by atoms with Gasteiger partial charge in [-0.1, -0.05) is 60.7 Å². The number of aliphatic hydroxyl groups is 1. The van der Waals surface area contributed by atoms with Crippen molar-refractivity contribution in [3.63, 3.8) is 0 Å². The quantitative estimate of drug-likeness (QED) is 0.911. The molecule has 3 rings (SSSR count). The van der Waals surface area contributed by atoms with Crippen molar-refractivity contribution in [3.05, 3.63) is 71.8 Å². The standard InChI is InChI=1S/C21H25NO3/c1-25-21(16-23)12-14-22(15-13-21)20(24)19(17-8-4-2-5-9-17)18-10-6-3-7-11-18/h2-11,19,23H,12-16H2,1H3. The molecule has 0 atom stereocenters. The molecule has 0 bridgehead atoms. The van der Waals surface area contributed by atoms with Crippen LogP contribution in [0.5, 0.6) is 0 Å². The van der Waals surface area contributed by atoms with Crippen molar-refractivity contribution in [1.82, 2.24) is 4.90 Å². The first-order chi connectivity index (χ1) is 12.2. The first-order valence-electron chi connectivity index (χ1n) is 8.74. The summed E-state index contributed by atoms with van der Waals surface area (Å²) in [6, 6.07) is 19.8. The Balaban J connectivity index is 1.84. The number of methoxy groups -OCH3 is 1. The predicted molar refractivity (Wildman–Crippen MR) is 97.4 cm³/mol. The lowest BCUT2D eigenvalue weighted by Gasteiger charge is -2.40. The largest absolute Gasteiger partial charge is 0.393 e. The van der Waals surface area contributed by atoms with Gasteiger partial charge in [0.15, 0.2) is 0 Å². The minimum atomic E-state index is -0.508. The molecule has 0 radical (unpaired) electrons. The normalized spacial score (nSPS) is 16.8. The Morgan fingerprint density at radius 2 is 1.52 bits per heavy atom. The molecule has 0 aromatic heterocycles. The van der Waals surface area contributed by atoms with Crippen LogP contribution < -0.4 is 0 Å². The lowest BCUT2D eigenvalue weighted by atomic mass is 9.87. The van der Waals surface area contributed by atoms with Crippen LogP contribution in [0.2, 0.25) is 0 Å². The molecule has 4 nitrogen and oxygen atoms in total. The molecule has 4 heteroatoms. The Morgan fingerprint density at radius 1 is 1.04 bits per heavy atom. The second kappa shape index (κ2) is 7.81. The maximum atomic E-state index is 13.3. The van der Waals surface area contributed by atoms with Crippen molar-refractivity contribution in [2.24, 2.45) is 0 Å². The van der Waals surface area contributed by atoms with E-state index in [-0.39, 0.29) is 18.4 Å². The van der Waals surface area contributed by atoms with Gasteiger partial charge in [0.05, 0.1) is 18.1 Å². The number of benzene rings is 2. The maximum absolute atomic E-state index is 13.3. The van der Waals surface area contributed by atoms with Crippen molar-refractivity contribution in [2.75, 3.05) is 26.8 Å². The summed E-state index contributed by atoms with van der Waals surface area (Å²) < 4.78 is 5.50. The second-order valence-electron chi connectivity index (χ2n) is 6.62. The van der Waals surface area contributed by atoms with Crippen LogP contribution in [0.25, 0.3) is 0 Å². The Bertz CT molecular complexity index is 633. The van der Waals surface area contributed by atoms with Gasteiger partial charge in [-0.15, -0.1) is 0 Å². The first-order valence-corrected chi connectivity index (χ1v) is 8.74. The third kappa shape index (κ3) is 3.75. The summed E-state index contributed by atoms with van der Waals surface area (Å²) in [5, 5.41) is 9.60. The van der Waals surface area contributed by atoms with Crippen LogP contribution in [-0.4, -0.2) is 48.3 Å². The third-order valence-electron chi connectivity index (χ3n) is 5.22. The molecular weight excluding hydrogens is 314 g/mol. The molecule has 1 fully saturated rings. The first kappa shape index (κ1) is 17.6. The van der Waals surface area contributed by atoms with E-state index in [4.69, 9.17) is 4.74 Å². The summed E-state index contributed by atoms with van der Waals surface area (Å²) in [6.07, 6.45) is 1.31. The zero-order chi connectivity index (χ0) is 17.7. The van der Waals surface area contributed by atoms with E-state index >= 15 is 0 Å². The zero-order valence-electron chi connectivity index (χ0n) is 14.6. The van der Waals surface area contributed by atoms with Gasteiger partial charge in [-0.3, -0.25) is 4.79 Å². The summed E-state index contributed by atoms with van der Waals surface area (Å²) in [6.45, 7) is 1.19. The summed E-state index contributed by atoms with van der Waals surface area (Å²) in [5.41, 5.74) is 1.50. The van der Waals surface area contributed by atoms with Crippen molar-refractivity contribution in [1.29, 1.82) is 0 Å². The molecule has 0 aliphatic carbocycles. The number of aliphatic hydroxyl groups excluding tert-OH is 1. The number of piperidine rings is 1. The lowest BCUT2D eigenvalue weighted by molar-refractivity contribution is -0.140. The van der Waals surface area contributed by atoms with Gasteiger partial charge in [-0.25, -0.2) is 0 Å². The van der Waals surface area contributed by atoms with E-state index in [0.717, 1.165) is 11.1 Å². The molecule has 1 amide bonds. The number of rotatable bonds is 5. The highest BCUT2D eigenvalue weighted by atomic mass is 16.5. The average Bonchev–Trinajstić information content (AvgIpc) is 2.70. The molecule has 1 N–H and O–H groups in total. The summed E-state index contributed by atoms with van der Waals surface area (Å²) in [4.78, 5) is 15.2. The molecule has 1 saturated heterocycles. The van der Waals surface area contributed by atoms with E-state index in [9.17, 15) is 9.90 Å². The van der Waals surface area contributed by atoms with Gasteiger partial charge in [-0.2, -0.15) is 0 Å². The number of nitrogens with zero attached hydrogens (tertiary/aromatic N) is 1. The molecule has 2 aromatic carbocycles. The summed E-state index contributed by atoms with van der Waals surface area (Å²) in [7, 11) is 1.63. The van der Waals surface area contributed by atoms with E-state index in [1.165, 1.54) is 0 Å². The van der Waals surface area contributed by atoms with Crippen molar-refractivity contribution < 1.29 is 14.6 Å². The number of hydrogen-bond donors (Lipinski definition) is 1. The van der Waals surface area contributed by atoms with Crippen LogP contribution in [0.3, 0.4) is 0 Å². The lowest BCUT2D eigenvalue weighted by Crippen LogP contribution is -2.50. The Hall–Kier alpha value is -2.17. The maximum Gasteiger partial charge on any atom is 0.234 e. The van der Waals surface area contributed by atoms with Gasteiger partial charge in [0, 0.05) is 20.2 Å². The van der Waals surface area contributed by atoms with Crippen molar-refractivity contribution in [2.45, 2.75) is 24.4 Å². The van der Waals surface area contributed by atoms with Crippen LogP contribution in [0.4, 0.5) is 0 Å². The van der Waals surface area contributed by atoms with Crippen LogP contribution in [0.15, 0.2) is 60.7 Å². The van der Waals surface area contributed by atoms with E-state index in [2.05, 4.69) is 0 Å². The Labute approximate surface area is 149 Å². The molecule has 132 valence electrons. The molecular formula is C21H25NO3. The Morgan fingerprint density at radius 3 is 1.92 bits per heavy atom. The fourth-order valence-electron chi connectivity index (χ4n) is 3.51. The molecule has 1 aliphatic rings. The van der Waals surface area contributed by atoms with Crippen molar-refractivity contribution >= 4 is 5.91 Å². The molecule has 0 spiro atoms.